The molecule has 2 atom stereocenters. The Morgan fingerprint density at radius 1 is 1.17 bits per heavy atom. The van der Waals surface area contributed by atoms with Crippen molar-refractivity contribution in [2.75, 3.05) is 23.8 Å². The lowest BCUT2D eigenvalue weighted by atomic mass is 9.85. The fourth-order valence-corrected chi connectivity index (χ4v) is 4.98. The number of halogens is 2. The quantitative estimate of drug-likeness (QED) is 0.484. The Kier molecular flexibility index (Phi) is 6.50. The Labute approximate surface area is 201 Å². The van der Waals surface area contributed by atoms with Crippen LogP contribution in [0.25, 0.3) is 11.2 Å². The van der Waals surface area contributed by atoms with Crippen LogP contribution in [-0.2, 0) is 9.53 Å². The maximum absolute atomic E-state index is 14.4. The van der Waals surface area contributed by atoms with Crippen LogP contribution in [0, 0.1) is 23.5 Å². The molecule has 186 valence electrons. The SMILES string of the molecule is CC1COCC[C@@H]1Nc1ncc2nc(Nc3ccc(F)cc3F)n(C3CCC(C(N)=O)CC3)c2n1. The summed E-state index contributed by atoms with van der Waals surface area (Å²) in [5.41, 5.74) is 6.79. The average Bonchev–Trinajstić information content (AvgIpc) is 3.19. The number of fused-ring (bicyclic) bond motifs is 1. The number of nitrogens with zero attached hydrogens (tertiary/aromatic N) is 4. The van der Waals surface area contributed by atoms with Gasteiger partial charge in [0.1, 0.15) is 17.2 Å². The van der Waals surface area contributed by atoms with E-state index in [0.717, 1.165) is 12.5 Å². The Morgan fingerprint density at radius 2 is 1.97 bits per heavy atom. The van der Waals surface area contributed by atoms with Gasteiger partial charge in [0.15, 0.2) is 5.65 Å². The number of nitrogens with two attached hydrogens (primary N) is 1. The lowest BCUT2D eigenvalue weighted by Gasteiger charge is -2.30. The molecular formula is C24H29F2N7O2. The van der Waals surface area contributed by atoms with Gasteiger partial charge in [-0.2, -0.15) is 4.98 Å². The normalized spacial score (nSPS) is 24.9. The van der Waals surface area contributed by atoms with Crippen LogP contribution in [0.5, 0.6) is 0 Å². The molecule has 0 spiro atoms. The summed E-state index contributed by atoms with van der Waals surface area (Å²) in [6.07, 6.45) is 5.20. The molecule has 1 unspecified atom stereocenters. The van der Waals surface area contributed by atoms with Crippen LogP contribution in [0.1, 0.15) is 45.1 Å². The minimum atomic E-state index is -0.719. The second-order valence-corrected chi connectivity index (χ2v) is 9.46. The van der Waals surface area contributed by atoms with Crippen LogP contribution in [0.15, 0.2) is 24.4 Å². The third kappa shape index (κ3) is 4.90. The van der Waals surface area contributed by atoms with Crippen LogP contribution in [0.4, 0.5) is 26.4 Å². The van der Waals surface area contributed by atoms with Crippen LogP contribution in [-0.4, -0.2) is 44.7 Å². The van der Waals surface area contributed by atoms with Crippen molar-refractivity contribution in [2.45, 2.75) is 51.1 Å². The smallest absolute Gasteiger partial charge is 0.224 e. The van der Waals surface area contributed by atoms with Gasteiger partial charge in [-0.25, -0.2) is 18.7 Å². The molecule has 5 rings (SSSR count). The molecule has 2 fully saturated rings. The van der Waals surface area contributed by atoms with Crippen molar-refractivity contribution >= 4 is 34.7 Å². The topological polar surface area (TPSA) is 120 Å². The third-order valence-corrected chi connectivity index (χ3v) is 7.03. The predicted molar refractivity (Wildman–Crippen MR) is 127 cm³/mol. The molecule has 1 saturated heterocycles. The first-order chi connectivity index (χ1) is 16.9. The van der Waals surface area contributed by atoms with E-state index in [1.54, 1.807) is 6.20 Å². The van der Waals surface area contributed by atoms with Gasteiger partial charge in [0, 0.05) is 30.7 Å². The van der Waals surface area contributed by atoms with E-state index in [-0.39, 0.29) is 29.6 Å². The van der Waals surface area contributed by atoms with Crippen molar-refractivity contribution in [3.8, 4) is 0 Å². The number of nitrogens with one attached hydrogen (secondary N) is 2. The maximum Gasteiger partial charge on any atom is 0.224 e. The number of hydrogen-bond acceptors (Lipinski definition) is 7. The fraction of sp³-hybridized carbons (Fsp3) is 0.500. The van der Waals surface area contributed by atoms with Crippen molar-refractivity contribution < 1.29 is 18.3 Å². The highest BCUT2D eigenvalue weighted by Crippen LogP contribution is 2.37. The highest BCUT2D eigenvalue weighted by Gasteiger charge is 2.30. The average molecular weight is 486 g/mol. The maximum atomic E-state index is 14.4. The summed E-state index contributed by atoms with van der Waals surface area (Å²) in [4.78, 5) is 25.5. The molecule has 1 aromatic carbocycles. The van der Waals surface area contributed by atoms with Gasteiger partial charge in [-0.05, 0) is 50.2 Å². The molecule has 2 aromatic heterocycles. The monoisotopic (exact) mass is 485 g/mol. The van der Waals surface area contributed by atoms with E-state index < -0.39 is 11.6 Å². The number of ether oxygens (including phenoxy) is 1. The van der Waals surface area contributed by atoms with Crippen molar-refractivity contribution in [1.82, 2.24) is 19.5 Å². The number of benzene rings is 1. The number of anilines is 3. The van der Waals surface area contributed by atoms with Gasteiger partial charge >= 0.3 is 0 Å². The highest BCUT2D eigenvalue weighted by molar-refractivity contribution is 5.78. The van der Waals surface area contributed by atoms with Crippen molar-refractivity contribution in [2.24, 2.45) is 17.6 Å². The summed E-state index contributed by atoms with van der Waals surface area (Å²) >= 11 is 0. The van der Waals surface area contributed by atoms with Crippen LogP contribution >= 0.6 is 0 Å². The molecule has 9 nitrogen and oxygen atoms in total. The molecule has 1 aliphatic carbocycles. The number of hydrogen-bond donors (Lipinski definition) is 3. The number of amides is 1. The van der Waals surface area contributed by atoms with Crippen LogP contribution in [0.3, 0.4) is 0 Å². The zero-order valence-electron chi connectivity index (χ0n) is 19.5. The van der Waals surface area contributed by atoms with Crippen LogP contribution < -0.4 is 16.4 Å². The van der Waals surface area contributed by atoms with E-state index in [1.165, 1.54) is 12.1 Å². The molecule has 1 amide bonds. The number of imidazole rings is 1. The summed E-state index contributed by atoms with van der Waals surface area (Å²) in [6.45, 7) is 3.48. The van der Waals surface area contributed by atoms with Gasteiger partial charge < -0.3 is 21.1 Å². The third-order valence-electron chi connectivity index (χ3n) is 7.03. The van der Waals surface area contributed by atoms with Crippen molar-refractivity contribution in [1.29, 1.82) is 0 Å². The zero-order valence-corrected chi connectivity index (χ0v) is 19.5. The second-order valence-electron chi connectivity index (χ2n) is 9.46. The largest absolute Gasteiger partial charge is 0.381 e. The summed E-state index contributed by atoms with van der Waals surface area (Å²) in [6, 6.07) is 3.52. The number of carbonyl (C=O) groups is 1. The molecule has 3 heterocycles. The molecule has 0 bridgehead atoms. The molecule has 11 heteroatoms. The lowest BCUT2D eigenvalue weighted by molar-refractivity contribution is -0.122. The Morgan fingerprint density at radius 3 is 2.69 bits per heavy atom. The minimum absolute atomic E-state index is 0.0219. The molecular weight excluding hydrogens is 456 g/mol. The number of rotatable bonds is 6. The molecule has 3 aromatic rings. The first-order valence-corrected chi connectivity index (χ1v) is 12.0. The first-order valence-electron chi connectivity index (χ1n) is 12.0. The fourth-order valence-electron chi connectivity index (χ4n) is 4.98. The Bertz CT molecular complexity index is 1230. The van der Waals surface area contributed by atoms with E-state index in [9.17, 15) is 13.6 Å². The highest BCUT2D eigenvalue weighted by atomic mass is 19.1. The van der Waals surface area contributed by atoms with E-state index in [0.29, 0.717) is 67.9 Å². The van der Waals surface area contributed by atoms with E-state index in [4.69, 9.17) is 15.5 Å². The summed E-state index contributed by atoms with van der Waals surface area (Å²) in [7, 11) is 0. The molecule has 1 aliphatic heterocycles. The minimum Gasteiger partial charge on any atom is -0.381 e. The van der Waals surface area contributed by atoms with Crippen molar-refractivity contribution in [3.05, 3.63) is 36.0 Å². The van der Waals surface area contributed by atoms with Crippen LogP contribution in [0.2, 0.25) is 0 Å². The Hall–Kier alpha value is -3.34. The van der Waals surface area contributed by atoms with Gasteiger partial charge in [-0.3, -0.25) is 9.36 Å². The van der Waals surface area contributed by atoms with Gasteiger partial charge in [0.2, 0.25) is 17.8 Å². The summed E-state index contributed by atoms with van der Waals surface area (Å²) in [5.74, 6) is -0.630. The number of carbonyl (C=O) groups excluding carboxylic acids is 1. The van der Waals surface area contributed by atoms with Gasteiger partial charge in [-0.15, -0.1) is 0 Å². The lowest BCUT2D eigenvalue weighted by Crippen LogP contribution is -2.36. The molecule has 35 heavy (non-hydrogen) atoms. The van der Waals surface area contributed by atoms with E-state index >= 15 is 0 Å². The standard InChI is InChI=1S/C24H29F2N7O2/c1-13-12-35-9-8-18(13)29-23-28-11-20-22(32-23)33(16-5-2-14(3-6-16)21(27)34)24(31-20)30-19-7-4-15(25)10-17(19)26/h4,7,10-11,13-14,16,18H,2-3,5-6,8-9,12H2,1H3,(H2,27,34)(H,30,31)(H,28,29,32)/t13?,14?,16?,18-/m0/s1. The van der Waals surface area contributed by atoms with E-state index in [2.05, 4.69) is 27.5 Å². The first kappa shape index (κ1) is 23.4. The second kappa shape index (κ2) is 9.73. The predicted octanol–water partition coefficient (Wildman–Crippen LogP) is 3.90. The van der Waals surface area contributed by atoms with Gasteiger partial charge in [0.05, 0.1) is 18.5 Å². The number of primary amides is 1. The molecule has 1 saturated carbocycles. The summed E-state index contributed by atoms with van der Waals surface area (Å²) < 4.78 is 35.3. The number of aromatic nitrogens is 4. The molecule has 0 radical (unpaired) electrons. The van der Waals surface area contributed by atoms with Gasteiger partial charge in [-0.1, -0.05) is 6.92 Å². The molecule has 4 N–H and O–H groups in total. The Balaban J connectivity index is 1.50. The summed E-state index contributed by atoms with van der Waals surface area (Å²) in [5, 5.41) is 6.43. The van der Waals surface area contributed by atoms with Gasteiger partial charge in [0.25, 0.3) is 0 Å². The molecule has 2 aliphatic rings. The van der Waals surface area contributed by atoms with E-state index in [1.807, 2.05) is 4.57 Å². The zero-order chi connectivity index (χ0) is 24.5. The van der Waals surface area contributed by atoms with Crippen molar-refractivity contribution in [3.63, 3.8) is 0 Å².